The van der Waals surface area contributed by atoms with Crippen LogP contribution in [0.3, 0.4) is 0 Å². The monoisotopic (exact) mass is 339 g/mol. The van der Waals surface area contributed by atoms with E-state index in [0.717, 1.165) is 16.8 Å². The van der Waals surface area contributed by atoms with E-state index in [0.29, 0.717) is 16.9 Å². The van der Waals surface area contributed by atoms with Crippen LogP contribution in [0.1, 0.15) is 40.9 Å². The largest absolute Gasteiger partial charge is 0.507 e. The number of rotatable bonds is 6. The Morgan fingerprint density at radius 3 is 2.40 bits per heavy atom. The molecule has 25 heavy (non-hydrogen) atoms. The topological polar surface area (TPSA) is 58.6 Å². The van der Waals surface area contributed by atoms with E-state index in [9.17, 15) is 9.90 Å². The fourth-order valence-corrected chi connectivity index (χ4v) is 2.57. The number of phenolic OH excluding ortho intramolecular Hbond substituents is 1. The van der Waals surface area contributed by atoms with Gasteiger partial charge < -0.3 is 15.2 Å². The molecule has 132 valence electrons. The third kappa shape index (κ3) is 4.41. The summed E-state index contributed by atoms with van der Waals surface area (Å²) in [5.41, 5.74) is 3.78. The highest BCUT2D eigenvalue weighted by Crippen LogP contribution is 2.35. The number of nitrogens with one attached hydrogen (secondary N) is 1. The molecule has 0 saturated carbocycles. The Morgan fingerprint density at radius 1 is 1.20 bits per heavy atom. The summed E-state index contributed by atoms with van der Waals surface area (Å²) in [5.74, 6) is 0.746. The molecule has 2 rings (SSSR count). The molecule has 0 bridgehead atoms. The number of aromatic hydroxyl groups is 1. The van der Waals surface area contributed by atoms with Crippen molar-refractivity contribution in [3.8, 4) is 11.5 Å². The normalized spacial score (nSPS) is 11.1. The first-order valence-corrected chi connectivity index (χ1v) is 8.33. The highest BCUT2D eigenvalue weighted by molar-refractivity contribution is 6.07. The van der Waals surface area contributed by atoms with Gasteiger partial charge in [-0.3, -0.25) is 4.79 Å². The minimum absolute atomic E-state index is 0.0299. The zero-order valence-electron chi connectivity index (χ0n) is 15.4. The lowest BCUT2D eigenvalue weighted by molar-refractivity contribution is 0.104. The van der Waals surface area contributed by atoms with E-state index in [-0.39, 0.29) is 17.6 Å². The van der Waals surface area contributed by atoms with Crippen molar-refractivity contribution in [1.29, 1.82) is 0 Å². The summed E-state index contributed by atoms with van der Waals surface area (Å²) in [7, 11) is 1.84. The highest BCUT2D eigenvalue weighted by atomic mass is 16.5. The van der Waals surface area contributed by atoms with Gasteiger partial charge in [0.2, 0.25) is 0 Å². The van der Waals surface area contributed by atoms with Crippen molar-refractivity contribution in [2.75, 3.05) is 12.4 Å². The van der Waals surface area contributed by atoms with Gasteiger partial charge >= 0.3 is 0 Å². The van der Waals surface area contributed by atoms with Gasteiger partial charge in [-0.15, -0.1) is 0 Å². The highest BCUT2D eigenvalue weighted by Gasteiger charge is 2.14. The minimum atomic E-state index is -0.0819. The fourth-order valence-electron chi connectivity index (χ4n) is 2.57. The Morgan fingerprint density at radius 2 is 1.84 bits per heavy atom. The zero-order valence-corrected chi connectivity index (χ0v) is 15.4. The molecule has 4 nitrogen and oxygen atoms in total. The van der Waals surface area contributed by atoms with Gasteiger partial charge in [0.05, 0.1) is 6.10 Å². The van der Waals surface area contributed by atoms with Crippen LogP contribution in [-0.4, -0.2) is 24.0 Å². The number of carbonyl (C=O) groups is 1. The van der Waals surface area contributed by atoms with Crippen LogP contribution in [-0.2, 0) is 0 Å². The summed E-state index contributed by atoms with van der Waals surface area (Å²) in [5, 5.41) is 13.2. The molecule has 2 aromatic carbocycles. The summed E-state index contributed by atoms with van der Waals surface area (Å²) in [6.07, 6.45) is 3.25. The predicted molar refractivity (Wildman–Crippen MR) is 103 cm³/mol. The lowest BCUT2D eigenvalue weighted by Crippen LogP contribution is -2.08. The van der Waals surface area contributed by atoms with Crippen LogP contribution in [0.4, 0.5) is 5.69 Å². The number of hydrogen-bond donors (Lipinski definition) is 2. The number of phenols is 1. The third-order valence-corrected chi connectivity index (χ3v) is 3.93. The fraction of sp³-hybridized carbons (Fsp3) is 0.286. The minimum Gasteiger partial charge on any atom is -0.507 e. The van der Waals surface area contributed by atoms with Crippen LogP contribution in [0.25, 0.3) is 6.08 Å². The van der Waals surface area contributed by atoms with E-state index in [2.05, 4.69) is 5.32 Å². The van der Waals surface area contributed by atoms with Crippen molar-refractivity contribution in [1.82, 2.24) is 0 Å². The lowest BCUT2D eigenvalue weighted by atomic mass is 10.0. The Balaban J connectivity index is 2.34. The molecule has 0 atom stereocenters. The van der Waals surface area contributed by atoms with E-state index in [1.165, 1.54) is 6.08 Å². The van der Waals surface area contributed by atoms with Gasteiger partial charge in [0.15, 0.2) is 5.78 Å². The molecule has 2 N–H and O–H groups in total. The van der Waals surface area contributed by atoms with Gasteiger partial charge in [0, 0.05) is 29.4 Å². The molecule has 0 aliphatic heterocycles. The Kier molecular flexibility index (Phi) is 5.86. The van der Waals surface area contributed by atoms with Gasteiger partial charge in [-0.2, -0.15) is 0 Å². The number of ether oxygens (including phenoxy) is 1. The first kappa shape index (κ1) is 18.6. The van der Waals surface area contributed by atoms with Crippen LogP contribution < -0.4 is 10.1 Å². The second-order valence-corrected chi connectivity index (χ2v) is 6.28. The summed E-state index contributed by atoms with van der Waals surface area (Å²) < 4.78 is 5.85. The van der Waals surface area contributed by atoms with E-state index in [1.807, 2.05) is 52.9 Å². The SMILES string of the molecule is CNc1ccc(C(=O)C=Cc2cc(C)c(O)c(C)c2OC(C)C)cc1. The van der Waals surface area contributed by atoms with E-state index in [4.69, 9.17) is 4.74 Å². The first-order chi connectivity index (χ1) is 11.8. The van der Waals surface area contributed by atoms with Crippen molar-refractivity contribution in [3.63, 3.8) is 0 Å². The summed E-state index contributed by atoms with van der Waals surface area (Å²) in [4.78, 5) is 12.4. The lowest BCUT2D eigenvalue weighted by Gasteiger charge is -2.17. The van der Waals surface area contributed by atoms with Gasteiger partial charge in [0.1, 0.15) is 11.5 Å². The number of aryl methyl sites for hydroxylation is 1. The molecule has 2 aromatic rings. The molecule has 4 heteroatoms. The van der Waals surface area contributed by atoms with Crippen LogP contribution in [0, 0.1) is 13.8 Å². The smallest absolute Gasteiger partial charge is 0.185 e. The molecule has 0 aliphatic rings. The number of allylic oxidation sites excluding steroid dienone is 1. The second-order valence-electron chi connectivity index (χ2n) is 6.28. The molecule has 0 aliphatic carbocycles. The number of anilines is 1. The third-order valence-electron chi connectivity index (χ3n) is 3.93. The first-order valence-electron chi connectivity index (χ1n) is 8.33. The van der Waals surface area contributed by atoms with Crippen molar-refractivity contribution in [2.24, 2.45) is 0 Å². The predicted octanol–water partition coefficient (Wildman–Crippen LogP) is 4.73. The van der Waals surface area contributed by atoms with Crippen LogP contribution in [0.2, 0.25) is 0 Å². The van der Waals surface area contributed by atoms with Crippen LogP contribution >= 0.6 is 0 Å². The molecule has 0 radical (unpaired) electrons. The van der Waals surface area contributed by atoms with E-state index < -0.39 is 0 Å². The maximum atomic E-state index is 12.4. The zero-order chi connectivity index (χ0) is 18.6. The number of ketones is 1. The van der Waals surface area contributed by atoms with Gasteiger partial charge in [0.25, 0.3) is 0 Å². The van der Waals surface area contributed by atoms with Crippen molar-refractivity contribution in [3.05, 3.63) is 58.7 Å². The second kappa shape index (κ2) is 7.88. The Hall–Kier alpha value is -2.75. The van der Waals surface area contributed by atoms with Gasteiger partial charge in [-0.05, 0) is 75.7 Å². The molecule has 0 spiro atoms. The van der Waals surface area contributed by atoms with Gasteiger partial charge in [-0.1, -0.05) is 0 Å². The van der Waals surface area contributed by atoms with E-state index >= 15 is 0 Å². The average Bonchev–Trinajstić information content (AvgIpc) is 2.60. The average molecular weight is 339 g/mol. The molecule has 0 saturated heterocycles. The van der Waals surface area contributed by atoms with Crippen molar-refractivity contribution in [2.45, 2.75) is 33.8 Å². The van der Waals surface area contributed by atoms with E-state index in [1.54, 1.807) is 18.2 Å². The van der Waals surface area contributed by atoms with Crippen molar-refractivity contribution >= 4 is 17.5 Å². The quantitative estimate of drug-likeness (QED) is 0.590. The molecular formula is C21H25NO3. The number of carbonyl (C=O) groups excluding carboxylic acids is 1. The Bertz CT molecular complexity index is 790. The van der Waals surface area contributed by atoms with Crippen LogP contribution in [0.5, 0.6) is 11.5 Å². The van der Waals surface area contributed by atoms with Crippen molar-refractivity contribution < 1.29 is 14.6 Å². The standard InChI is InChI=1S/C21H25NO3/c1-13(2)25-21-15(4)20(24)14(3)12-17(21)8-11-19(23)16-6-9-18(22-5)10-7-16/h6-13,22,24H,1-5H3. The molecule has 0 heterocycles. The summed E-state index contributed by atoms with van der Waals surface area (Å²) in [6, 6.07) is 9.13. The molecule has 0 aromatic heterocycles. The maximum Gasteiger partial charge on any atom is 0.185 e. The number of benzene rings is 2. The maximum absolute atomic E-state index is 12.4. The molecular weight excluding hydrogens is 314 g/mol. The molecule has 0 unspecified atom stereocenters. The summed E-state index contributed by atoms with van der Waals surface area (Å²) >= 11 is 0. The summed E-state index contributed by atoms with van der Waals surface area (Å²) in [6.45, 7) is 7.50. The Labute approximate surface area is 149 Å². The van der Waals surface area contributed by atoms with Crippen LogP contribution in [0.15, 0.2) is 36.4 Å². The van der Waals surface area contributed by atoms with Gasteiger partial charge in [-0.25, -0.2) is 0 Å². The number of hydrogen-bond acceptors (Lipinski definition) is 4. The molecule has 0 amide bonds. The molecule has 0 fully saturated rings.